The van der Waals surface area contributed by atoms with Crippen LogP contribution in [0.15, 0.2) is 94.7 Å². The molecule has 12 heteroatoms. The zero-order valence-electron chi connectivity index (χ0n) is 22.2. The second-order valence-electron chi connectivity index (χ2n) is 9.28. The van der Waals surface area contributed by atoms with E-state index < -0.39 is 31.9 Å². The van der Waals surface area contributed by atoms with Gasteiger partial charge in [0.2, 0.25) is 20.0 Å². The highest BCUT2D eigenvalue weighted by Gasteiger charge is 2.20. The molecule has 2 N–H and O–H groups in total. The summed E-state index contributed by atoms with van der Waals surface area (Å²) in [6.07, 6.45) is 0. The van der Waals surface area contributed by atoms with E-state index in [1.807, 2.05) is 24.3 Å². The van der Waals surface area contributed by atoms with Crippen LogP contribution in [0, 0.1) is 0 Å². The molecule has 0 heterocycles. The zero-order chi connectivity index (χ0) is 29.2. The van der Waals surface area contributed by atoms with Crippen molar-refractivity contribution in [2.75, 3.05) is 38.8 Å². The van der Waals surface area contributed by atoms with Gasteiger partial charge in [0.1, 0.15) is 0 Å². The highest BCUT2D eigenvalue weighted by atomic mass is 32.2. The van der Waals surface area contributed by atoms with Crippen LogP contribution >= 0.6 is 0 Å². The van der Waals surface area contributed by atoms with Gasteiger partial charge in [-0.05, 0) is 71.4 Å². The third-order valence-electron chi connectivity index (χ3n) is 6.17. The SMILES string of the molecule is CN(C)S(=O)(=O)c1ccc(C(=O)Nc2cc3ccccc3cc2NC(=O)c2ccc(S(=O)(=O)N(C)C)cc2)cc1. The molecule has 208 valence electrons. The van der Waals surface area contributed by atoms with E-state index >= 15 is 0 Å². The highest BCUT2D eigenvalue weighted by Crippen LogP contribution is 2.30. The van der Waals surface area contributed by atoms with Gasteiger partial charge >= 0.3 is 0 Å². The first-order valence-electron chi connectivity index (χ1n) is 12.0. The normalized spacial score (nSPS) is 12.1. The summed E-state index contributed by atoms with van der Waals surface area (Å²) in [6.45, 7) is 0. The summed E-state index contributed by atoms with van der Waals surface area (Å²) < 4.78 is 51.5. The van der Waals surface area contributed by atoms with Crippen molar-refractivity contribution in [2.24, 2.45) is 0 Å². The van der Waals surface area contributed by atoms with Crippen molar-refractivity contribution in [3.63, 3.8) is 0 Å². The molecule has 0 aromatic heterocycles. The number of carbonyl (C=O) groups excluding carboxylic acids is 2. The number of nitrogens with zero attached hydrogens (tertiary/aromatic N) is 2. The van der Waals surface area contributed by atoms with E-state index in [1.165, 1.54) is 76.7 Å². The minimum absolute atomic E-state index is 0.0529. The Morgan fingerprint density at radius 3 is 1.18 bits per heavy atom. The lowest BCUT2D eigenvalue weighted by Gasteiger charge is -2.15. The standard InChI is InChI=1S/C28H28N4O6S2/c1-31(2)39(35,36)23-13-9-19(10-14-23)27(33)29-25-17-21-7-5-6-8-22(21)18-26(25)30-28(34)20-11-15-24(16-12-20)40(37,38)32(3)4/h5-18H,1-4H3,(H,29,33)(H,30,34). The maximum absolute atomic E-state index is 13.1. The molecule has 0 unspecified atom stereocenters. The molecular weight excluding hydrogens is 552 g/mol. The molecule has 0 saturated carbocycles. The summed E-state index contributed by atoms with van der Waals surface area (Å²) in [5.74, 6) is -1.00. The van der Waals surface area contributed by atoms with Crippen molar-refractivity contribution in [2.45, 2.75) is 9.79 Å². The fraction of sp³-hybridized carbons (Fsp3) is 0.143. The molecule has 0 atom stereocenters. The highest BCUT2D eigenvalue weighted by molar-refractivity contribution is 7.89. The summed E-state index contributed by atoms with van der Waals surface area (Å²) in [5.41, 5.74) is 1.10. The fourth-order valence-electron chi connectivity index (χ4n) is 3.81. The van der Waals surface area contributed by atoms with Crippen LogP contribution in [-0.4, -0.2) is 65.5 Å². The van der Waals surface area contributed by atoms with Gasteiger partial charge in [-0.1, -0.05) is 24.3 Å². The molecule has 0 spiro atoms. The van der Waals surface area contributed by atoms with E-state index in [4.69, 9.17) is 0 Å². The van der Waals surface area contributed by atoms with E-state index in [2.05, 4.69) is 10.6 Å². The average molecular weight is 581 g/mol. The number of hydrogen-bond donors (Lipinski definition) is 2. The summed E-state index contributed by atoms with van der Waals surface area (Å²) in [6, 6.07) is 21.9. The Bertz CT molecular complexity index is 1670. The number of nitrogens with one attached hydrogen (secondary N) is 2. The molecule has 40 heavy (non-hydrogen) atoms. The van der Waals surface area contributed by atoms with Crippen molar-refractivity contribution in [1.29, 1.82) is 0 Å². The molecule has 0 fully saturated rings. The fourth-order valence-corrected chi connectivity index (χ4v) is 5.62. The Kier molecular flexibility index (Phi) is 8.08. The first-order chi connectivity index (χ1) is 18.8. The number of fused-ring (bicyclic) bond motifs is 1. The summed E-state index contributed by atoms with van der Waals surface area (Å²) in [5, 5.41) is 7.24. The molecule has 0 aliphatic carbocycles. The summed E-state index contributed by atoms with van der Waals surface area (Å²) in [4.78, 5) is 26.3. The maximum atomic E-state index is 13.1. The van der Waals surface area contributed by atoms with E-state index in [-0.39, 0.29) is 20.9 Å². The van der Waals surface area contributed by atoms with Gasteiger partial charge in [-0.3, -0.25) is 9.59 Å². The van der Waals surface area contributed by atoms with Crippen molar-refractivity contribution in [3.8, 4) is 0 Å². The number of anilines is 2. The molecule has 0 radical (unpaired) electrons. The van der Waals surface area contributed by atoms with Crippen molar-refractivity contribution in [1.82, 2.24) is 8.61 Å². The quantitative estimate of drug-likeness (QED) is 0.325. The number of rotatable bonds is 8. The maximum Gasteiger partial charge on any atom is 0.255 e. The number of sulfonamides is 2. The van der Waals surface area contributed by atoms with Gasteiger partial charge in [-0.25, -0.2) is 25.4 Å². The number of amides is 2. The van der Waals surface area contributed by atoms with E-state index in [1.54, 1.807) is 12.1 Å². The summed E-state index contributed by atoms with van der Waals surface area (Å²) in [7, 11) is -1.60. The van der Waals surface area contributed by atoms with Crippen LogP contribution in [0.3, 0.4) is 0 Å². The number of benzene rings is 4. The zero-order valence-corrected chi connectivity index (χ0v) is 23.9. The average Bonchev–Trinajstić information content (AvgIpc) is 2.93. The molecule has 0 saturated heterocycles. The Morgan fingerprint density at radius 1 is 0.550 bits per heavy atom. The molecule has 2 amide bonds. The lowest BCUT2D eigenvalue weighted by atomic mass is 10.1. The van der Waals surface area contributed by atoms with E-state index in [9.17, 15) is 26.4 Å². The van der Waals surface area contributed by atoms with Crippen LogP contribution in [0.4, 0.5) is 11.4 Å². The first-order valence-corrected chi connectivity index (χ1v) is 14.9. The molecule has 4 aromatic carbocycles. The Hall–Kier alpha value is -4.10. The number of carbonyl (C=O) groups is 2. The second kappa shape index (κ2) is 11.2. The smallest absolute Gasteiger partial charge is 0.255 e. The minimum atomic E-state index is -3.65. The van der Waals surface area contributed by atoms with Crippen molar-refractivity contribution in [3.05, 3.63) is 96.1 Å². The molecule has 10 nitrogen and oxygen atoms in total. The van der Waals surface area contributed by atoms with Crippen LogP contribution in [0.25, 0.3) is 10.8 Å². The molecular formula is C28H28N4O6S2. The van der Waals surface area contributed by atoms with Gasteiger partial charge in [0.25, 0.3) is 11.8 Å². The monoisotopic (exact) mass is 580 g/mol. The van der Waals surface area contributed by atoms with Crippen LogP contribution in [-0.2, 0) is 20.0 Å². The Balaban J connectivity index is 1.62. The third kappa shape index (κ3) is 5.89. The van der Waals surface area contributed by atoms with Gasteiger partial charge in [0, 0.05) is 39.3 Å². The Morgan fingerprint density at radius 2 is 0.875 bits per heavy atom. The van der Waals surface area contributed by atoms with E-state index in [0.717, 1.165) is 19.4 Å². The summed E-state index contributed by atoms with van der Waals surface area (Å²) >= 11 is 0. The van der Waals surface area contributed by atoms with Gasteiger partial charge in [-0.2, -0.15) is 0 Å². The van der Waals surface area contributed by atoms with Crippen LogP contribution < -0.4 is 10.6 Å². The first kappa shape index (κ1) is 28.9. The van der Waals surface area contributed by atoms with Crippen LogP contribution in [0.2, 0.25) is 0 Å². The van der Waals surface area contributed by atoms with Crippen molar-refractivity contribution < 1.29 is 26.4 Å². The molecule has 4 rings (SSSR count). The lowest BCUT2D eigenvalue weighted by Crippen LogP contribution is -2.22. The molecule has 4 aromatic rings. The predicted molar refractivity (Wildman–Crippen MR) is 154 cm³/mol. The second-order valence-corrected chi connectivity index (χ2v) is 13.6. The molecule has 0 aliphatic rings. The van der Waals surface area contributed by atoms with Gasteiger partial charge < -0.3 is 10.6 Å². The van der Waals surface area contributed by atoms with Crippen LogP contribution in [0.5, 0.6) is 0 Å². The van der Waals surface area contributed by atoms with Gasteiger partial charge in [0.15, 0.2) is 0 Å². The number of hydrogen-bond acceptors (Lipinski definition) is 6. The lowest BCUT2D eigenvalue weighted by molar-refractivity contribution is 0.101. The molecule has 0 bridgehead atoms. The van der Waals surface area contributed by atoms with E-state index in [0.29, 0.717) is 11.4 Å². The van der Waals surface area contributed by atoms with Crippen molar-refractivity contribution >= 4 is 54.0 Å². The third-order valence-corrected chi connectivity index (χ3v) is 9.83. The Labute approximate surface area is 233 Å². The largest absolute Gasteiger partial charge is 0.320 e. The molecule has 0 aliphatic heterocycles. The predicted octanol–water partition coefficient (Wildman–Crippen LogP) is 3.85. The van der Waals surface area contributed by atoms with Gasteiger partial charge in [-0.15, -0.1) is 0 Å². The minimum Gasteiger partial charge on any atom is -0.320 e. The van der Waals surface area contributed by atoms with Crippen LogP contribution in [0.1, 0.15) is 20.7 Å². The topological polar surface area (TPSA) is 133 Å². The van der Waals surface area contributed by atoms with Gasteiger partial charge in [0.05, 0.1) is 21.2 Å².